The van der Waals surface area contributed by atoms with E-state index >= 15 is 0 Å². The third kappa shape index (κ3) is 4.13. The molecule has 96 valence electrons. The summed E-state index contributed by atoms with van der Waals surface area (Å²) in [6.07, 6.45) is 0.565. The summed E-state index contributed by atoms with van der Waals surface area (Å²) in [6, 6.07) is 19.3. The molecule has 2 N–H and O–H groups in total. The molecule has 0 radical (unpaired) electrons. The van der Waals surface area contributed by atoms with E-state index in [1.54, 1.807) is 0 Å². The van der Waals surface area contributed by atoms with Crippen molar-refractivity contribution >= 4 is 0 Å². The normalized spacial score (nSPS) is 11.6. The van der Waals surface area contributed by atoms with Crippen molar-refractivity contribution in [3.8, 4) is 11.8 Å². The van der Waals surface area contributed by atoms with Gasteiger partial charge in [0.1, 0.15) is 12.4 Å². The maximum absolute atomic E-state index is 8.66. The molecule has 2 rings (SSSR count). The topological polar surface area (TPSA) is 59.0 Å². The summed E-state index contributed by atoms with van der Waals surface area (Å²) >= 11 is 0. The standard InChI is InChI=1S/C16H16N2O/c17-11-15(18)10-13-6-8-16(9-7-13)19-12-14-4-2-1-3-5-14/h1-9,15H,10,12,18H2. The Labute approximate surface area is 113 Å². The highest BCUT2D eigenvalue weighted by molar-refractivity contribution is 5.28. The van der Waals surface area contributed by atoms with Gasteiger partial charge in [-0.15, -0.1) is 0 Å². The second-order valence-electron chi connectivity index (χ2n) is 4.36. The van der Waals surface area contributed by atoms with E-state index < -0.39 is 6.04 Å². The first-order chi connectivity index (χ1) is 9.28. The van der Waals surface area contributed by atoms with Gasteiger partial charge in [0.2, 0.25) is 0 Å². The highest BCUT2D eigenvalue weighted by atomic mass is 16.5. The van der Waals surface area contributed by atoms with Crippen LogP contribution in [0.15, 0.2) is 54.6 Å². The van der Waals surface area contributed by atoms with Gasteiger partial charge in [0.25, 0.3) is 0 Å². The minimum Gasteiger partial charge on any atom is -0.489 e. The van der Waals surface area contributed by atoms with Gasteiger partial charge < -0.3 is 10.5 Å². The zero-order valence-electron chi connectivity index (χ0n) is 10.6. The van der Waals surface area contributed by atoms with Crippen molar-refractivity contribution in [3.05, 3.63) is 65.7 Å². The van der Waals surface area contributed by atoms with Crippen LogP contribution in [-0.2, 0) is 13.0 Å². The number of ether oxygens (including phenoxy) is 1. The van der Waals surface area contributed by atoms with Gasteiger partial charge in [-0.3, -0.25) is 0 Å². The smallest absolute Gasteiger partial charge is 0.119 e. The van der Waals surface area contributed by atoms with Crippen LogP contribution < -0.4 is 10.5 Å². The van der Waals surface area contributed by atoms with Crippen molar-refractivity contribution in [1.29, 1.82) is 5.26 Å². The monoisotopic (exact) mass is 252 g/mol. The molecular formula is C16H16N2O. The molecule has 0 saturated carbocycles. The Hall–Kier alpha value is -2.31. The molecule has 0 heterocycles. The molecular weight excluding hydrogens is 236 g/mol. The lowest BCUT2D eigenvalue weighted by atomic mass is 10.1. The third-order valence-electron chi connectivity index (χ3n) is 2.79. The second-order valence-corrected chi connectivity index (χ2v) is 4.36. The van der Waals surface area contributed by atoms with E-state index in [4.69, 9.17) is 15.7 Å². The number of benzene rings is 2. The van der Waals surface area contributed by atoms with Crippen LogP contribution in [0.2, 0.25) is 0 Å². The summed E-state index contributed by atoms with van der Waals surface area (Å²) in [5.41, 5.74) is 7.77. The Morgan fingerprint density at radius 1 is 1.00 bits per heavy atom. The van der Waals surface area contributed by atoms with Crippen molar-refractivity contribution in [2.45, 2.75) is 19.1 Å². The lowest BCUT2D eigenvalue weighted by Gasteiger charge is -2.08. The van der Waals surface area contributed by atoms with E-state index in [0.717, 1.165) is 16.9 Å². The number of rotatable bonds is 5. The summed E-state index contributed by atoms with van der Waals surface area (Å²) in [6.45, 7) is 0.553. The highest BCUT2D eigenvalue weighted by Crippen LogP contribution is 2.15. The van der Waals surface area contributed by atoms with Gasteiger partial charge in [-0.05, 0) is 23.3 Å². The lowest BCUT2D eigenvalue weighted by Crippen LogP contribution is -2.19. The SMILES string of the molecule is N#CC(N)Cc1ccc(OCc2ccccc2)cc1. The molecule has 0 aliphatic rings. The van der Waals surface area contributed by atoms with Gasteiger partial charge in [0.05, 0.1) is 12.1 Å². The maximum Gasteiger partial charge on any atom is 0.119 e. The number of nitrogens with zero attached hydrogens (tertiary/aromatic N) is 1. The third-order valence-corrected chi connectivity index (χ3v) is 2.79. The van der Waals surface area contributed by atoms with Crippen LogP contribution in [0.25, 0.3) is 0 Å². The van der Waals surface area contributed by atoms with E-state index in [0.29, 0.717) is 13.0 Å². The molecule has 2 aromatic rings. The fourth-order valence-corrected chi connectivity index (χ4v) is 1.76. The first-order valence-corrected chi connectivity index (χ1v) is 6.19. The number of nitriles is 1. The summed E-state index contributed by atoms with van der Waals surface area (Å²) in [7, 11) is 0. The van der Waals surface area contributed by atoms with Crippen molar-refractivity contribution in [1.82, 2.24) is 0 Å². The zero-order valence-corrected chi connectivity index (χ0v) is 10.6. The molecule has 0 amide bonds. The van der Waals surface area contributed by atoms with Crippen LogP contribution in [0, 0.1) is 11.3 Å². The van der Waals surface area contributed by atoms with Gasteiger partial charge >= 0.3 is 0 Å². The number of hydrogen-bond acceptors (Lipinski definition) is 3. The number of nitrogens with two attached hydrogens (primary N) is 1. The van der Waals surface area contributed by atoms with Gasteiger partial charge in [0.15, 0.2) is 0 Å². The van der Waals surface area contributed by atoms with Crippen molar-refractivity contribution in [2.24, 2.45) is 5.73 Å². The predicted octanol–water partition coefficient (Wildman–Crippen LogP) is 2.66. The van der Waals surface area contributed by atoms with Gasteiger partial charge in [-0.2, -0.15) is 5.26 Å². The van der Waals surface area contributed by atoms with E-state index in [9.17, 15) is 0 Å². The Balaban J connectivity index is 1.90. The summed E-state index contributed by atoms with van der Waals surface area (Å²) in [5, 5.41) is 8.66. The Bertz CT molecular complexity index is 543. The molecule has 1 atom stereocenters. The average Bonchev–Trinajstić information content (AvgIpc) is 2.47. The Morgan fingerprint density at radius 3 is 2.32 bits per heavy atom. The summed E-state index contributed by atoms with van der Waals surface area (Å²) in [5.74, 6) is 0.818. The molecule has 0 spiro atoms. The quantitative estimate of drug-likeness (QED) is 0.890. The van der Waals surface area contributed by atoms with Crippen molar-refractivity contribution < 1.29 is 4.74 Å². The van der Waals surface area contributed by atoms with Crippen LogP contribution in [0.1, 0.15) is 11.1 Å². The van der Waals surface area contributed by atoms with Gasteiger partial charge in [0, 0.05) is 6.42 Å². The highest BCUT2D eigenvalue weighted by Gasteiger charge is 2.02. The van der Waals surface area contributed by atoms with Crippen LogP contribution in [-0.4, -0.2) is 6.04 Å². The average molecular weight is 252 g/mol. The fourth-order valence-electron chi connectivity index (χ4n) is 1.76. The second kappa shape index (κ2) is 6.58. The van der Waals surface area contributed by atoms with E-state index in [-0.39, 0.29) is 0 Å². The van der Waals surface area contributed by atoms with E-state index in [1.807, 2.05) is 60.7 Å². The first-order valence-electron chi connectivity index (χ1n) is 6.19. The molecule has 0 saturated heterocycles. The molecule has 0 aliphatic heterocycles. The zero-order chi connectivity index (χ0) is 13.5. The van der Waals surface area contributed by atoms with Crippen LogP contribution in [0.5, 0.6) is 5.75 Å². The lowest BCUT2D eigenvalue weighted by molar-refractivity contribution is 0.306. The molecule has 1 unspecified atom stereocenters. The predicted molar refractivity (Wildman–Crippen MR) is 74.5 cm³/mol. The van der Waals surface area contributed by atoms with E-state index in [2.05, 4.69) is 0 Å². The molecule has 2 aromatic carbocycles. The Morgan fingerprint density at radius 2 is 1.68 bits per heavy atom. The molecule has 0 aliphatic carbocycles. The molecule has 0 fully saturated rings. The summed E-state index contributed by atoms with van der Waals surface area (Å²) in [4.78, 5) is 0. The van der Waals surface area contributed by atoms with Crippen LogP contribution >= 0.6 is 0 Å². The fraction of sp³-hybridized carbons (Fsp3) is 0.188. The Kier molecular flexibility index (Phi) is 4.54. The van der Waals surface area contributed by atoms with Gasteiger partial charge in [-0.1, -0.05) is 42.5 Å². The van der Waals surface area contributed by atoms with E-state index in [1.165, 1.54) is 0 Å². The minimum atomic E-state index is -0.448. The molecule has 0 bridgehead atoms. The molecule has 3 nitrogen and oxygen atoms in total. The molecule has 3 heteroatoms. The first kappa shape index (κ1) is 13.1. The summed E-state index contributed by atoms with van der Waals surface area (Å²) < 4.78 is 5.68. The molecule has 0 aromatic heterocycles. The van der Waals surface area contributed by atoms with Crippen LogP contribution in [0.3, 0.4) is 0 Å². The van der Waals surface area contributed by atoms with Crippen LogP contribution in [0.4, 0.5) is 0 Å². The number of hydrogen-bond donors (Lipinski definition) is 1. The van der Waals surface area contributed by atoms with Crippen molar-refractivity contribution in [2.75, 3.05) is 0 Å². The molecule has 19 heavy (non-hydrogen) atoms. The van der Waals surface area contributed by atoms with Gasteiger partial charge in [-0.25, -0.2) is 0 Å². The maximum atomic E-state index is 8.66. The van der Waals surface area contributed by atoms with Crippen molar-refractivity contribution in [3.63, 3.8) is 0 Å². The minimum absolute atomic E-state index is 0.448. The largest absolute Gasteiger partial charge is 0.489 e.